The number of thiophene rings is 1. The maximum absolute atomic E-state index is 14.1. The van der Waals surface area contributed by atoms with Gasteiger partial charge in [0.25, 0.3) is 0 Å². The Hall–Kier alpha value is -2.37. The van der Waals surface area contributed by atoms with Gasteiger partial charge in [-0.25, -0.2) is 4.79 Å². The van der Waals surface area contributed by atoms with Crippen LogP contribution < -0.4 is 4.90 Å². The van der Waals surface area contributed by atoms with E-state index in [1.807, 2.05) is 20.8 Å². The number of carbonyl (C=O) groups is 3. The summed E-state index contributed by atoms with van der Waals surface area (Å²) < 4.78 is 10.6. The number of esters is 1. The number of rotatable bonds is 7. The highest BCUT2D eigenvalue weighted by Gasteiger charge is 2.42. The van der Waals surface area contributed by atoms with Crippen LogP contribution in [0.25, 0.3) is 0 Å². The first-order valence-corrected chi connectivity index (χ1v) is 12.9. The second-order valence-corrected chi connectivity index (χ2v) is 11.7. The molecule has 1 saturated carbocycles. The smallest absolute Gasteiger partial charge is 0.350 e. The zero-order valence-corrected chi connectivity index (χ0v) is 23.4. The van der Waals surface area contributed by atoms with Crippen LogP contribution in [-0.2, 0) is 19.1 Å². The van der Waals surface area contributed by atoms with Crippen LogP contribution in [-0.4, -0.2) is 63.1 Å². The highest BCUT2D eigenvalue weighted by Crippen LogP contribution is 2.37. The maximum atomic E-state index is 14.1. The Balaban J connectivity index is 2.73. The highest BCUT2D eigenvalue weighted by atomic mass is 32.1. The van der Waals surface area contributed by atoms with E-state index in [1.165, 1.54) is 35.4 Å². The fourth-order valence-electron chi connectivity index (χ4n) is 4.13. The molecule has 2 rings (SSSR count). The minimum atomic E-state index is -0.941. The van der Waals surface area contributed by atoms with Crippen molar-refractivity contribution in [2.75, 3.05) is 33.2 Å². The van der Waals surface area contributed by atoms with E-state index >= 15 is 0 Å². The number of likely N-dealkylation sites (N-methyl/N-ethyl adjacent to an activating group) is 1. The van der Waals surface area contributed by atoms with Crippen LogP contribution in [0.1, 0.15) is 74.9 Å². The van der Waals surface area contributed by atoms with Crippen molar-refractivity contribution in [1.82, 2.24) is 4.90 Å². The molecular weight excluding hydrogens is 464 g/mol. The van der Waals surface area contributed by atoms with Crippen molar-refractivity contribution in [3.8, 4) is 11.8 Å². The molecule has 1 aromatic rings. The van der Waals surface area contributed by atoms with Crippen LogP contribution in [0.5, 0.6) is 0 Å². The number of nitrogens with zero attached hydrogens (tertiary/aromatic N) is 2. The molecule has 2 unspecified atom stereocenters. The lowest BCUT2D eigenvalue weighted by Gasteiger charge is -2.38. The first-order valence-electron chi connectivity index (χ1n) is 12.1. The Morgan fingerprint density at radius 2 is 1.71 bits per heavy atom. The molecular formula is C27H40N2O5S. The van der Waals surface area contributed by atoms with Crippen LogP contribution >= 0.6 is 11.3 Å². The molecule has 2 amide bonds. The second-order valence-electron chi connectivity index (χ2n) is 10.6. The molecule has 0 aromatic carbocycles. The molecule has 7 nitrogen and oxygen atoms in total. The molecule has 0 saturated heterocycles. The number of ether oxygens (including phenoxy) is 2. The maximum Gasteiger partial charge on any atom is 0.350 e. The zero-order chi connectivity index (χ0) is 26.5. The van der Waals surface area contributed by atoms with Crippen molar-refractivity contribution in [3.63, 3.8) is 0 Å². The largest absolute Gasteiger partial charge is 0.465 e. The predicted octanol–water partition coefficient (Wildman–Crippen LogP) is 4.58. The van der Waals surface area contributed by atoms with Crippen molar-refractivity contribution in [1.29, 1.82) is 0 Å². The number of anilines is 1. The average Bonchev–Trinajstić information content (AvgIpc) is 3.23. The second kappa shape index (κ2) is 12.0. The summed E-state index contributed by atoms with van der Waals surface area (Å²) in [6, 6.07) is 0.792. The van der Waals surface area contributed by atoms with Crippen molar-refractivity contribution < 1.29 is 23.9 Å². The number of carbonyl (C=O) groups excluding carboxylic acids is 3. The SMILES string of the molecule is COC(=O)c1sc(C#CC(C)(C)C)cc1N(C(=O)C1CCC(C)CC1)C(C(=O)N(C)C)C(C)OC. The summed E-state index contributed by atoms with van der Waals surface area (Å²) in [6.07, 6.45) is 2.79. The van der Waals surface area contributed by atoms with Gasteiger partial charge in [-0.1, -0.05) is 18.8 Å². The third-order valence-corrected chi connectivity index (χ3v) is 7.31. The van der Waals surface area contributed by atoms with Gasteiger partial charge in [0.1, 0.15) is 10.9 Å². The van der Waals surface area contributed by atoms with E-state index in [0.717, 1.165) is 25.7 Å². The molecule has 0 spiro atoms. The lowest BCUT2D eigenvalue weighted by molar-refractivity contribution is -0.136. The first-order chi connectivity index (χ1) is 16.3. The van der Waals surface area contributed by atoms with E-state index < -0.39 is 18.1 Å². The Labute approximate surface area is 214 Å². The van der Waals surface area contributed by atoms with E-state index in [1.54, 1.807) is 27.1 Å². The minimum Gasteiger partial charge on any atom is -0.465 e. The van der Waals surface area contributed by atoms with Crippen LogP contribution in [0.15, 0.2) is 6.07 Å². The van der Waals surface area contributed by atoms with Gasteiger partial charge in [-0.2, -0.15) is 0 Å². The summed E-state index contributed by atoms with van der Waals surface area (Å²) in [6.45, 7) is 9.96. The lowest BCUT2D eigenvalue weighted by Crippen LogP contribution is -2.57. The molecule has 194 valence electrons. The van der Waals surface area contributed by atoms with Gasteiger partial charge in [0.2, 0.25) is 11.8 Å². The van der Waals surface area contributed by atoms with Gasteiger partial charge >= 0.3 is 5.97 Å². The molecule has 2 atom stereocenters. The predicted molar refractivity (Wildman–Crippen MR) is 140 cm³/mol. The van der Waals surface area contributed by atoms with Gasteiger partial charge in [-0.3, -0.25) is 14.5 Å². The fraction of sp³-hybridized carbons (Fsp3) is 0.667. The molecule has 0 N–H and O–H groups in total. The van der Waals surface area contributed by atoms with Gasteiger partial charge in [0.15, 0.2) is 0 Å². The van der Waals surface area contributed by atoms with E-state index in [-0.39, 0.29) is 28.0 Å². The molecule has 0 radical (unpaired) electrons. The quantitative estimate of drug-likeness (QED) is 0.401. The summed E-state index contributed by atoms with van der Waals surface area (Å²) in [5, 5.41) is 0. The average molecular weight is 505 g/mol. The normalized spacial score (nSPS) is 19.7. The minimum absolute atomic E-state index is 0.167. The fourth-order valence-corrected chi connectivity index (χ4v) is 5.06. The number of methoxy groups -OCH3 is 2. The summed E-state index contributed by atoms with van der Waals surface area (Å²) in [5.41, 5.74) is 0.116. The molecule has 0 aliphatic heterocycles. The molecule has 1 aliphatic rings. The third-order valence-electron chi connectivity index (χ3n) is 6.29. The Morgan fingerprint density at radius 3 is 2.20 bits per heavy atom. The van der Waals surface area contributed by atoms with Crippen molar-refractivity contribution >= 4 is 34.8 Å². The molecule has 1 aromatic heterocycles. The van der Waals surface area contributed by atoms with E-state index in [2.05, 4.69) is 18.8 Å². The van der Waals surface area contributed by atoms with Crippen LogP contribution in [0.3, 0.4) is 0 Å². The van der Waals surface area contributed by atoms with Gasteiger partial charge in [0.05, 0.1) is 23.8 Å². The molecule has 35 heavy (non-hydrogen) atoms. The van der Waals surface area contributed by atoms with E-state index in [4.69, 9.17) is 9.47 Å². The number of amides is 2. The summed E-state index contributed by atoms with van der Waals surface area (Å²) in [7, 11) is 6.12. The van der Waals surface area contributed by atoms with Gasteiger partial charge in [0, 0.05) is 32.5 Å². The molecule has 8 heteroatoms. The van der Waals surface area contributed by atoms with Gasteiger partial charge in [-0.05, 0) is 65.4 Å². The molecule has 1 fully saturated rings. The van der Waals surface area contributed by atoms with Crippen molar-refractivity contribution in [3.05, 3.63) is 15.8 Å². The highest BCUT2D eigenvalue weighted by molar-refractivity contribution is 7.15. The standard InChI is InChI=1S/C27H40N2O5S/c1-17-10-12-19(13-11-17)24(30)29(22(18(2)33-8)25(31)28(6)7)21-16-20(14-15-27(3,4)5)35-23(21)26(32)34-9/h16-19,22H,10-13H2,1-9H3. The van der Waals surface area contributed by atoms with Crippen LogP contribution in [0.4, 0.5) is 5.69 Å². The summed E-state index contributed by atoms with van der Waals surface area (Å²) in [4.78, 5) is 44.2. The van der Waals surface area contributed by atoms with Crippen LogP contribution in [0.2, 0.25) is 0 Å². The molecule has 0 bridgehead atoms. The Bertz CT molecular complexity index is 974. The Kier molecular flexibility index (Phi) is 9.94. The van der Waals surface area contributed by atoms with E-state index in [0.29, 0.717) is 16.5 Å². The van der Waals surface area contributed by atoms with Crippen molar-refractivity contribution in [2.24, 2.45) is 17.3 Å². The van der Waals surface area contributed by atoms with E-state index in [9.17, 15) is 14.4 Å². The zero-order valence-electron chi connectivity index (χ0n) is 22.6. The van der Waals surface area contributed by atoms with Crippen molar-refractivity contribution in [2.45, 2.75) is 72.4 Å². The third kappa shape index (κ3) is 7.31. The monoisotopic (exact) mass is 504 g/mol. The molecule has 1 aliphatic carbocycles. The number of hydrogen-bond acceptors (Lipinski definition) is 6. The lowest BCUT2D eigenvalue weighted by atomic mass is 9.82. The Morgan fingerprint density at radius 1 is 1.11 bits per heavy atom. The van der Waals surface area contributed by atoms with Crippen LogP contribution in [0, 0.1) is 29.1 Å². The molecule has 1 heterocycles. The number of hydrogen-bond donors (Lipinski definition) is 0. The first kappa shape index (κ1) is 28.9. The topological polar surface area (TPSA) is 76.2 Å². The summed E-state index contributed by atoms with van der Waals surface area (Å²) in [5.74, 6) is 5.64. The van der Waals surface area contributed by atoms with Gasteiger partial charge in [-0.15, -0.1) is 11.3 Å². The van der Waals surface area contributed by atoms with Gasteiger partial charge < -0.3 is 14.4 Å². The summed E-state index contributed by atoms with van der Waals surface area (Å²) >= 11 is 1.17.